The topological polar surface area (TPSA) is 12.0 Å². The molecule has 0 bridgehead atoms. The van der Waals surface area contributed by atoms with Crippen molar-refractivity contribution in [2.45, 2.75) is 13.1 Å². The molecule has 0 amide bonds. The Morgan fingerprint density at radius 3 is 2.05 bits per heavy atom. The SMILES string of the molecule is Cl.c1ccc(CNCc2ccc3ccccc3c2)cc1. The van der Waals surface area contributed by atoms with E-state index >= 15 is 0 Å². The second-order valence-corrected chi connectivity index (χ2v) is 4.77. The average Bonchev–Trinajstić information content (AvgIpc) is 2.48. The molecule has 0 aliphatic carbocycles. The summed E-state index contributed by atoms with van der Waals surface area (Å²) < 4.78 is 0. The standard InChI is InChI=1S/C18H17N.ClH/c1-2-6-15(7-3-1)13-19-14-16-10-11-17-8-4-5-9-18(17)12-16;/h1-12,19H,13-14H2;1H. The van der Waals surface area contributed by atoms with Crippen molar-refractivity contribution in [3.8, 4) is 0 Å². The van der Waals surface area contributed by atoms with Gasteiger partial charge in [0.25, 0.3) is 0 Å². The van der Waals surface area contributed by atoms with Crippen LogP contribution in [0.1, 0.15) is 11.1 Å². The highest BCUT2D eigenvalue weighted by atomic mass is 35.5. The Balaban J connectivity index is 0.00000147. The molecular weight excluding hydrogens is 266 g/mol. The van der Waals surface area contributed by atoms with E-state index in [1.54, 1.807) is 0 Å². The van der Waals surface area contributed by atoms with Crippen LogP contribution < -0.4 is 5.32 Å². The third-order valence-electron chi connectivity index (χ3n) is 3.31. The summed E-state index contributed by atoms with van der Waals surface area (Å²) in [6, 6.07) is 25.6. The number of hydrogen-bond donors (Lipinski definition) is 1. The predicted octanol–water partition coefficient (Wildman–Crippen LogP) is 4.55. The van der Waals surface area contributed by atoms with E-state index in [1.807, 2.05) is 6.07 Å². The molecule has 0 unspecified atom stereocenters. The predicted molar refractivity (Wildman–Crippen MR) is 88.2 cm³/mol. The zero-order valence-corrected chi connectivity index (χ0v) is 12.1. The summed E-state index contributed by atoms with van der Waals surface area (Å²) in [6.45, 7) is 1.81. The molecule has 20 heavy (non-hydrogen) atoms. The fourth-order valence-electron chi connectivity index (χ4n) is 2.30. The summed E-state index contributed by atoms with van der Waals surface area (Å²) in [5.74, 6) is 0. The van der Waals surface area contributed by atoms with E-state index in [1.165, 1.54) is 21.9 Å². The van der Waals surface area contributed by atoms with E-state index in [9.17, 15) is 0 Å². The van der Waals surface area contributed by atoms with Crippen LogP contribution in [0.3, 0.4) is 0 Å². The van der Waals surface area contributed by atoms with E-state index in [0.29, 0.717) is 0 Å². The van der Waals surface area contributed by atoms with Gasteiger partial charge in [0.2, 0.25) is 0 Å². The molecule has 2 heteroatoms. The molecule has 0 saturated carbocycles. The third-order valence-corrected chi connectivity index (χ3v) is 3.31. The lowest BCUT2D eigenvalue weighted by molar-refractivity contribution is 0.694. The molecule has 0 atom stereocenters. The van der Waals surface area contributed by atoms with Crippen LogP contribution in [0.15, 0.2) is 72.8 Å². The van der Waals surface area contributed by atoms with Crippen LogP contribution in [0.25, 0.3) is 10.8 Å². The van der Waals surface area contributed by atoms with Crippen molar-refractivity contribution in [2.24, 2.45) is 0 Å². The van der Waals surface area contributed by atoms with E-state index in [4.69, 9.17) is 0 Å². The minimum atomic E-state index is 0. The maximum absolute atomic E-state index is 3.48. The van der Waals surface area contributed by atoms with Gasteiger partial charge >= 0.3 is 0 Å². The van der Waals surface area contributed by atoms with Crippen molar-refractivity contribution in [3.63, 3.8) is 0 Å². The summed E-state index contributed by atoms with van der Waals surface area (Å²) in [6.07, 6.45) is 0. The van der Waals surface area contributed by atoms with Crippen LogP contribution >= 0.6 is 12.4 Å². The lowest BCUT2D eigenvalue weighted by Gasteiger charge is -2.06. The fourth-order valence-corrected chi connectivity index (χ4v) is 2.30. The number of hydrogen-bond acceptors (Lipinski definition) is 1. The molecule has 0 aliphatic heterocycles. The number of nitrogens with one attached hydrogen (secondary N) is 1. The van der Waals surface area contributed by atoms with Crippen LogP contribution in [0.4, 0.5) is 0 Å². The van der Waals surface area contributed by atoms with Crippen LogP contribution in [0, 0.1) is 0 Å². The lowest BCUT2D eigenvalue weighted by Crippen LogP contribution is -2.12. The highest BCUT2D eigenvalue weighted by molar-refractivity contribution is 5.85. The minimum absolute atomic E-state index is 0. The average molecular weight is 284 g/mol. The van der Waals surface area contributed by atoms with Crippen LogP contribution in [0.2, 0.25) is 0 Å². The van der Waals surface area contributed by atoms with Gasteiger partial charge < -0.3 is 5.32 Å². The molecule has 0 spiro atoms. The van der Waals surface area contributed by atoms with E-state index in [0.717, 1.165) is 13.1 Å². The molecule has 0 saturated heterocycles. The Morgan fingerprint density at radius 2 is 1.25 bits per heavy atom. The van der Waals surface area contributed by atoms with Crippen molar-refractivity contribution in [2.75, 3.05) is 0 Å². The van der Waals surface area contributed by atoms with E-state index in [-0.39, 0.29) is 12.4 Å². The van der Waals surface area contributed by atoms with Crippen LogP contribution in [-0.4, -0.2) is 0 Å². The van der Waals surface area contributed by atoms with Gasteiger partial charge in [-0.25, -0.2) is 0 Å². The molecule has 3 aromatic rings. The van der Waals surface area contributed by atoms with Crippen LogP contribution in [-0.2, 0) is 13.1 Å². The van der Waals surface area contributed by atoms with E-state index in [2.05, 4.69) is 72.0 Å². The monoisotopic (exact) mass is 283 g/mol. The summed E-state index contributed by atoms with van der Waals surface area (Å²) in [5, 5.41) is 6.09. The van der Waals surface area contributed by atoms with Gasteiger partial charge in [-0.15, -0.1) is 12.4 Å². The van der Waals surface area contributed by atoms with Gasteiger partial charge in [-0.1, -0.05) is 66.7 Å². The molecular formula is C18H18ClN. The molecule has 0 aliphatic rings. The molecule has 0 aromatic heterocycles. The first-order valence-electron chi connectivity index (χ1n) is 6.64. The zero-order chi connectivity index (χ0) is 12.9. The van der Waals surface area contributed by atoms with Gasteiger partial charge in [0, 0.05) is 13.1 Å². The van der Waals surface area contributed by atoms with Gasteiger partial charge in [-0.05, 0) is 28.0 Å². The molecule has 0 fully saturated rings. The zero-order valence-electron chi connectivity index (χ0n) is 11.3. The van der Waals surface area contributed by atoms with Gasteiger partial charge in [0.1, 0.15) is 0 Å². The number of benzene rings is 3. The number of fused-ring (bicyclic) bond motifs is 1. The number of halogens is 1. The summed E-state index contributed by atoms with van der Waals surface area (Å²) >= 11 is 0. The van der Waals surface area contributed by atoms with Gasteiger partial charge in [0.05, 0.1) is 0 Å². The van der Waals surface area contributed by atoms with Crippen molar-refractivity contribution in [1.82, 2.24) is 5.32 Å². The molecule has 3 aromatic carbocycles. The minimum Gasteiger partial charge on any atom is -0.309 e. The second kappa shape index (κ2) is 7.09. The Bertz CT molecular complexity index is 664. The summed E-state index contributed by atoms with van der Waals surface area (Å²) in [4.78, 5) is 0. The van der Waals surface area contributed by atoms with Gasteiger partial charge in [0.15, 0.2) is 0 Å². The molecule has 3 rings (SSSR count). The van der Waals surface area contributed by atoms with Crippen molar-refractivity contribution >= 4 is 23.2 Å². The molecule has 1 nitrogen and oxygen atoms in total. The Kier molecular flexibility index (Phi) is 5.16. The Labute approximate surface area is 126 Å². The second-order valence-electron chi connectivity index (χ2n) is 4.77. The normalized spacial score (nSPS) is 10.2. The largest absolute Gasteiger partial charge is 0.309 e. The Morgan fingerprint density at radius 1 is 0.600 bits per heavy atom. The molecule has 0 radical (unpaired) electrons. The first-order valence-corrected chi connectivity index (χ1v) is 6.64. The van der Waals surface area contributed by atoms with Gasteiger partial charge in [-0.3, -0.25) is 0 Å². The lowest BCUT2D eigenvalue weighted by atomic mass is 10.1. The molecule has 1 N–H and O–H groups in total. The van der Waals surface area contributed by atoms with E-state index < -0.39 is 0 Å². The smallest absolute Gasteiger partial charge is 0.0208 e. The maximum atomic E-state index is 3.48. The fraction of sp³-hybridized carbons (Fsp3) is 0.111. The highest BCUT2D eigenvalue weighted by Crippen LogP contribution is 2.15. The quantitative estimate of drug-likeness (QED) is 0.741. The van der Waals surface area contributed by atoms with Crippen LogP contribution in [0.5, 0.6) is 0 Å². The molecule has 102 valence electrons. The van der Waals surface area contributed by atoms with Crippen molar-refractivity contribution in [1.29, 1.82) is 0 Å². The molecule has 0 heterocycles. The summed E-state index contributed by atoms with van der Waals surface area (Å²) in [5.41, 5.74) is 2.65. The maximum Gasteiger partial charge on any atom is 0.0208 e. The first kappa shape index (κ1) is 14.6. The van der Waals surface area contributed by atoms with Gasteiger partial charge in [-0.2, -0.15) is 0 Å². The number of rotatable bonds is 4. The van der Waals surface area contributed by atoms with Crippen molar-refractivity contribution in [3.05, 3.63) is 83.9 Å². The van der Waals surface area contributed by atoms with Crippen molar-refractivity contribution < 1.29 is 0 Å². The highest BCUT2D eigenvalue weighted by Gasteiger charge is 1.96. The Hall–Kier alpha value is -1.83. The summed E-state index contributed by atoms with van der Waals surface area (Å²) in [7, 11) is 0. The third kappa shape index (κ3) is 3.60. The first-order chi connectivity index (χ1) is 9.42.